The maximum atomic E-state index is 13.6. The van der Waals surface area contributed by atoms with Crippen LogP contribution in [0.5, 0.6) is 11.5 Å². The van der Waals surface area contributed by atoms with Gasteiger partial charge < -0.3 is 30.1 Å². The Morgan fingerprint density at radius 1 is 1.12 bits per heavy atom. The zero-order chi connectivity index (χ0) is 29.1. The van der Waals surface area contributed by atoms with Gasteiger partial charge in [0, 0.05) is 43.8 Å². The van der Waals surface area contributed by atoms with E-state index in [4.69, 9.17) is 25.7 Å². The van der Waals surface area contributed by atoms with Gasteiger partial charge in [0.25, 0.3) is 5.91 Å². The third-order valence-corrected chi connectivity index (χ3v) is 6.50. The van der Waals surface area contributed by atoms with Crippen LogP contribution in [0.3, 0.4) is 0 Å². The maximum absolute atomic E-state index is 13.6. The molecule has 218 valence electrons. The van der Waals surface area contributed by atoms with Crippen molar-refractivity contribution in [3.05, 3.63) is 52.1 Å². The zero-order valence-electron chi connectivity index (χ0n) is 23.9. The molecule has 1 heterocycles. The number of nitrogens with two attached hydrogens (primary N) is 1. The molecule has 3 rings (SSSR count). The monoisotopic (exact) mass is 618 g/mol. The number of halogens is 1. The lowest BCUT2D eigenvalue weighted by atomic mass is 9.84. The van der Waals surface area contributed by atoms with Crippen LogP contribution in [0, 0.1) is 5.41 Å². The van der Waals surface area contributed by atoms with Gasteiger partial charge >= 0.3 is 5.97 Å². The fourth-order valence-electron chi connectivity index (χ4n) is 4.51. The molecule has 0 atom stereocenters. The standard InChI is InChI=1S/C29H38N4O6.BrH/c1-7-38-24-13-18-15-33(27(30)19(18)14-20(24)28(31)37)16-23(34)17-11-21(29(2,3)4)26(22(12-17)32(5)6)39-10-8-9-25(35)36;/h11-14,30H,7-10,15-16H2,1-6H3,(H2,31,37)(H,35,36);1H. The number of carbonyl (C=O) groups excluding carboxylic acids is 2. The van der Waals surface area contributed by atoms with E-state index in [9.17, 15) is 14.4 Å². The lowest BCUT2D eigenvalue weighted by Crippen LogP contribution is -2.30. The van der Waals surface area contributed by atoms with Gasteiger partial charge in [0.05, 0.1) is 31.0 Å². The number of ketones is 1. The second kappa shape index (κ2) is 13.2. The molecule has 1 aliphatic heterocycles. The van der Waals surface area contributed by atoms with Crippen LogP contribution in [0.4, 0.5) is 5.69 Å². The summed E-state index contributed by atoms with van der Waals surface area (Å²) in [5.41, 5.74) is 8.75. The molecule has 0 unspecified atom stereocenters. The number of ether oxygens (including phenoxy) is 2. The summed E-state index contributed by atoms with van der Waals surface area (Å²) in [6.07, 6.45) is 0.377. The summed E-state index contributed by atoms with van der Waals surface area (Å²) in [7, 11) is 3.72. The minimum absolute atomic E-state index is 0. The van der Waals surface area contributed by atoms with Crippen LogP contribution in [-0.4, -0.2) is 67.4 Å². The molecule has 2 aromatic carbocycles. The molecule has 0 radical (unpaired) electrons. The van der Waals surface area contributed by atoms with Crippen LogP contribution in [-0.2, 0) is 16.8 Å². The average molecular weight is 620 g/mol. The first kappa shape index (κ1) is 32.6. The number of nitrogens with one attached hydrogen (secondary N) is 1. The number of benzene rings is 2. The third-order valence-electron chi connectivity index (χ3n) is 6.50. The summed E-state index contributed by atoms with van der Waals surface area (Å²) >= 11 is 0. The van der Waals surface area contributed by atoms with Crippen molar-refractivity contribution >= 4 is 46.2 Å². The van der Waals surface area contributed by atoms with Gasteiger partial charge in [0.15, 0.2) is 5.78 Å². The summed E-state index contributed by atoms with van der Waals surface area (Å²) in [4.78, 5) is 40.0. The molecule has 40 heavy (non-hydrogen) atoms. The van der Waals surface area contributed by atoms with E-state index >= 15 is 0 Å². The van der Waals surface area contributed by atoms with Crippen LogP contribution in [0.25, 0.3) is 0 Å². The van der Waals surface area contributed by atoms with Crippen LogP contribution >= 0.6 is 17.0 Å². The van der Waals surface area contributed by atoms with Crippen molar-refractivity contribution in [2.75, 3.05) is 38.8 Å². The number of hydrogen-bond donors (Lipinski definition) is 3. The van der Waals surface area contributed by atoms with Crippen molar-refractivity contribution in [2.45, 2.75) is 52.5 Å². The Balaban J connectivity index is 0.00000560. The van der Waals surface area contributed by atoms with E-state index in [0.29, 0.717) is 47.9 Å². The van der Waals surface area contributed by atoms with Gasteiger partial charge in [-0.05, 0) is 48.6 Å². The Hall–Kier alpha value is -3.60. The van der Waals surface area contributed by atoms with Gasteiger partial charge in [-0.25, -0.2) is 0 Å². The summed E-state index contributed by atoms with van der Waals surface area (Å²) in [5.74, 6) is -0.546. The first-order valence-corrected chi connectivity index (χ1v) is 12.9. The Bertz CT molecular complexity index is 1300. The molecule has 1 amide bonds. The van der Waals surface area contributed by atoms with Crippen molar-refractivity contribution in [3.63, 3.8) is 0 Å². The summed E-state index contributed by atoms with van der Waals surface area (Å²) in [6, 6.07) is 6.88. The van der Waals surface area contributed by atoms with Gasteiger partial charge in [-0.1, -0.05) is 20.8 Å². The molecule has 0 aliphatic carbocycles. The average Bonchev–Trinajstić information content (AvgIpc) is 3.14. The van der Waals surface area contributed by atoms with Gasteiger partial charge in [0.1, 0.15) is 17.3 Å². The largest absolute Gasteiger partial charge is 0.493 e. The summed E-state index contributed by atoms with van der Waals surface area (Å²) in [6.45, 7) is 8.80. The van der Waals surface area contributed by atoms with Crippen LogP contribution in [0.2, 0.25) is 0 Å². The highest BCUT2D eigenvalue weighted by Gasteiger charge is 2.30. The number of carboxylic acid groups (broad SMARTS) is 1. The van der Waals surface area contributed by atoms with Crippen LogP contribution < -0.4 is 20.1 Å². The molecule has 10 nitrogen and oxygen atoms in total. The number of nitrogens with zero attached hydrogens (tertiary/aromatic N) is 2. The number of anilines is 1. The first-order valence-electron chi connectivity index (χ1n) is 12.9. The lowest BCUT2D eigenvalue weighted by molar-refractivity contribution is -0.137. The zero-order valence-corrected chi connectivity index (χ0v) is 25.6. The van der Waals surface area contributed by atoms with Crippen molar-refractivity contribution in [1.29, 1.82) is 5.41 Å². The Kier molecular flexibility index (Phi) is 10.7. The number of amidine groups is 1. The molecule has 0 bridgehead atoms. The van der Waals surface area contributed by atoms with Crippen molar-refractivity contribution in [2.24, 2.45) is 5.73 Å². The predicted molar refractivity (Wildman–Crippen MR) is 160 cm³/mol. The molecular weight excluding hydrogens is 580 g/mol. The van der Waals surface area contributed by atoms with Gasteiger partial charge in [0.2, 0.25) is 0 Å². The minimum atomic E-state index is -0.877. The van der Waals surface area contributed by atoms with E-state index in [1.165, 1.54) is 0 Å². The second-order valence-corrected chi connectivity index (χ2v) is 10.8. The highest BCUT2D eigenvalue weighted by Crippen LogP contribution is 2.40. The van der Waals surface area contributed by atoms with Crippen molar-refractivity contribution in [1.82, 2.24) is 4.90 Å². The second-order valence-electron chi connectivity index (χ2n) is 10.8. The number of fused-ring (bicyclic) bond motifs is 1. The number of primary amides is 1. The fraction of sp³-hybridized carbons (Fsp3) is 0.448. The highest BCUT2D eigenvalue weighted by atomic mass is 79.9. The Morgan fingerprint density at radius 3 is 2.35 bits per heavy atom. The van der Waals surface area contributed by atoms with Gasteiger partial charge in [-0.3, -0.25) is 19.8 Å². The highest BCUT2D eigenvalue weighted by molar-refractivity contribution is 8.93. The van der Waals surface area contributed by atoms with Gasteiger partial charge in [-0.2, -0.15) is 0 Å². The molecule has 0 aromatic heterocycles. The molecule has 0 fully saturated rings. The third kappa shape index (κ3) is 7.32. The number of aliphatic carboxylic acids is 1. The summed E-state index contributed by atoms with van der Waals surface area (Å²) in [5, 5.41) is 17.6. The minimum Gasteiger partial charge on any atom is -0.493 e. The first-order chi connectivity index (χ1) is 18.2. The van der Waals surface area contributed by atoms with Crippen molar-refractivity contribution in [3.8, 4) is 11.5 Å². The van der Waals surface area contributed by atoms with E-state index in [0.717, 1.165) is 11.1 Å². The number of carbonyl (C=O) groups is 3. The van der Waals surface area contributed by atoms with E-state index in [2.05, 4.69) is 0 Å². The van der Waals surface area contributed by atoms with E-state index in [1.807, 2.05) is 52.8 Å². The number of rotatable bonds is 12. The van der Waals surface area contributed by atoms with E-state index in [1.54, 1.807) is 23.1 Å². The molecular formula is C29H39BrN4O6. The smallest absolute Gasteiger partial charge is 0.303 e. The lowest BCUT2D eigenvalue weighted by Gasteiger charge is -2.28. The molecule has 2 aromatic rings. The molecule has 1 aliphatic rings. The molecule has 11 heteroatoms. The fourth-order valence-corrected chi connectivity index (χ4v) is 4.51. The van der Waals surface area contributed by atoms with E-state index in [-0.39, 0.29) is 59.2 Å². The molecule has 0 saturated heterocycles. The predicted octanol–water partition coefficient (Wildman–Crippen LogP) is 4.39. The van der Waals surface area contributed by atoms with Gasteiger partial charge in [-0.15, -0.1) is 17.0 Å². The molecule has 0 saturated carbocycles. The molecule has 0 spiro atoms. The normalized spacial score (nSPS) is 12.4. The maximum Gasteiger partial charge on any atom is 0.303 e. The quantitative estimate of drug-likeness (QED) is 0.234. The SMILES string of the molecule is Br.CCOc1cc2c(cc1C(N)=O)C(=N)N(CC(=O)c1cc(N(C)C)c(OCCCC(=O)O)c(C(C)(C)C)c1)C2. The number of Topliss-reactive ketones (excluding diaryl/α,β-unsaturated/α-hetero) is 1. The number of hydrogen-bond acceptors (Lipinski definition) is 7. The van der Waals surface area contributed by atoms with E-state index < -0.39 is 11.9 Å². The van der Waals surface area contributed by atoms with Crippen LogP contribution in [0.15, 0.2) is 24.3 Å². The summed E-state index contributed by atoms with van der Waals surface area (Å²) < 4.78 is 11.7. The van der Waals surface area contributed by atoms with Crippen LogP contribution in [0.1, 0.15) is 77.9 Å². The molecule has 4 N–H and O–H groups in total. The Morgan fingerprint density at radius 2 is 1.80 bits per heavy atom. The topological polar surface area (TPSA) is 146 Å². The number of amides is 1. The Labute approximate surface area is 245 Å². The number of carboxylic acids is 1. The van der Waals surface area contributed by atoms with Crippen molar-refractivity contribution < 1.29 is 29.0 Å².